The number of hydrogen-bond donors (Lipinski definition) is 1. The van der Waals surface area contributed by atoms with Crippen LogP contribution in [0.3, 0.4) is 0 Å². The van der Waals surface area contributed by atoms with Crippen molar-refractivity contribution in [3.8, 4) is 0 Å². The molecule has 2 aromatic carbocycles. The first-order chi connectivity index (χ1) is 12.0. The second kappa shape index (κ2) is 9.02. The zero-order chi connectivity index (χ0) is 18.2. The van der Waals surface area contributed by atoms with Crippen molar-refractivity contribution in [3.05, 3.63) is 65.2 Å². The highest BCUT2D eigenvalue weighted by Gasteiger charge is 2.14. The quantitative estimate of drug-likeness (QED) is 0.841. The van der Waals surface area contributed by atoms with Crippen LogP contribution in [0.5, 0.6) is 0 Å². The maximum Gasteiger partial charge on any atom is 0.223 e. The van der Waals surface area contributed by atoms with Crippen LogP contribution in [-0.2, 0) is 16.0 Å². The fourth-order valence-corrected chi connectivity index (χ4v) is 2.76. The Kier molecular flexibility index (Phi) is 6.75. The van der Waals surface area contributed by atoms with E-state index in [4.69, 9.17) is 0 Å². The average molecular weight is 338 g/mol. The van der Waals surface area contributed by atoms with Crippen molar-refractivity contribution in [2.24, 2.45) is 0 Å². The molecule has 0 aliphatic heterocycles. The number of aryl methyl sites for hydroxylation is 3. The normalized spacial score (nSPS) is 10.4. The zero-order valence-corrected chi connectivity index (χ0v) is 15.2. The molecule has 0 saturated carbocycles. The molecule has 2 rings (SSSR count). The third-order valence-electron chi connectivity index (χ3n) is 4.18. The fourth-order valence-electron chi connectivity index (χ4n) is 2.76. The first-order valence-corrected chi connectivity index (χ1v) is 8.63. The van der Waals surface area contributed by atoms with Gasteiger partial charge < -0.3 is 10.2 Å². The summed E-state index contributed by atoms with van der Waals surface area (Å²) >= 11 is 0. The average Bonchev–Trinajstić information content (AvgIpc) is 2.60. The van der Waals surface area contributed by atoms with Crippen molar-refractivity contribution in [1.29, 1.82) is 0 Å². The van der Waals surface area contributed by atoms with Crippen LogP contribution in [0, 0.1) is 13.8 Å². The second-order valence-corrected chi connectivity index (χ2v) is 6.30. The number of nitrogens with one attached hydrogen (secondary N) is 1. The summed E-state index contributed by atoms with van der Waals surface area (Å²) in [6, 6.07) is 16.0. The summed E-state index contributed by atoms with van der Waals surface area (Å²) in [5.41, 5.74) is 4.22. The predicted molar refractivity (Wildman–Crippen MR) is 102 cm³/mol. The van der Waals surface area contributed by atoms with Crippen molar-refractivity contribution in [1.82, 2.24) is 5.32 Å². The number of anilines is 1. The van der Waals surface area contributed by atoms with Crippen molar-refractivity contribution < 1.29 is 9.59 Å². The number of nitrogens with zero attached hydrogens (tertiary/aromatic N) is 1. The van der Waals surface area contributed by atoms with Gasteiger partial charge >= 0.3 is 0 Å². The Bertz CT molecular complexity index is 726. The van der Waals surface area contributed by atoms with Gasteiger partial charge in [-0.05, 0) is 43.0 Å². The molecular weight excluding hydrogens is 312 g/mol. The van der Waals surface area contributed by atoms with Gasteiger partial charge in [-0.1, -0.05) is 42.5 Å². The summed E-state index contributed by atoms with van der Waals surface area (Å²) in [5, 5.41) is 2.91. The van der Waals surface area contributed by atoms with Crippen molar-refractivity contribution in [3.63, 3.8) is 0 Å². The van der Waals surface area contributed by atoms with E-state index in [0.717, 1.165) is 28.8 Å². The third-order valence-corrected chi connectivity index (χ3v) is 4.18. The number of rotatable bonds is 7. The minimum absolute atomic E-state index is 0.00770. The molecule has 0 heterocycles. The zero-order valence-electron chi connectivity index (χ0n) is 15.2. The van der Waals surface area contributed by atoms with Gasteiger partial charge in [0.1, 0.15) is 0 Å². The Morgan fingerprint density at radius 3 is 2.44 bits per heavy atom. The third kappa shape index (κ3) is 5.75. The van der Waals surface area contributed by atoms with Crippen LogP contribution in [0.15, 0.2) is 48.5 Å². The Hall–Kier alpha value is -2.62. The largest absolute Gasteiger partial charge is 0.354 e. The Balaban J connectivity index is 1.86. The van der Waals surface area contributed by atoms with E-state index in [-0.39, 0.29) is 11.8 Å². The molecule has 2 amide bonds. The van der Waals surface area contributed by atoms with Gasteiger partial charge in [0.25, 0.3) is 0 Å². The number of hydrogen-bond acceptors (Lipinski definition) is 2. The van der Waals surface area contributed by atoms with Crippen LogP contribution < -0.4 is 10.2 Å². The van der Waals surface area contributed by atoms with Crippen LogP contribution in [-0.4, -0.2) is 24.9 Å². The van der Waals surface area contributed by atoms with Gasteiger partial charge in [0.2, 0.25) is 11.8 Å². The van der Waals surface area contributed by atoms with E-state index in [1.54, 1.807) is 11.8 Å². The smallest absolute Gasteiger partial charge is 0.223 e. The number of carbonyl (C=O) groups is 2. The van der Waals surface area contributed by atoms with E-state index in [2.05, 4.69) is 5.32 Å². The molecule has 132 valence electrons. The number of carbonyl (C=O) groups excluding carboxylic acids is 2. The Morgan fingerprint density at radius 2 is 1.76 bits per heavy atom. The molecule has 0 aromatic heterocycles. The molecule has 2 aromatic rings. The lowest BCUT2D eigenvalue weighted by Gasteiger charge is -2.23. The van der Waals surface area contributed by atoms with E-state index < -0.39 is 0 Å². The van der Waals surface area contributed by atoms with Gasteiger partial charge in [-0.3, -0.25) is 9.59 Å². The molecule has 1 N–H and O–H groups in total. The van der Waals surface area contributed by atoms with Gasteiger partial charge in [0.05, 0.1) is 0 Å². The summed E-state index contributed by atoms with van der Waals surface area (Å²) in [6.45, 7) is 6.46. The van der Waals surface area contributed by atoms with E-state index in [1.165, 1.54) is 0 Å². The number of amides is 2. The summed E-state index contributed by atoms with van der Waals surface area (Å²) in [6.07, 6.45) is 1.17. The fraction of sp³-hybridized carbons (Fsp3) is 0.333. The predicted octanol–water partition coefficient (Wildman–Crippen LogP) is 3.41. The first kappa shape index (κ1) is 18.7. The molecule has 4 nitrogen and oxygen atoms in total. The van der Waals surface area contributed by atoms with E-state index in [9.17, 15) is 9.59 Å². The first-order valence-electron chi connectivity index (χ1n) is 8.63. The van der Waals surface area contributed by atoms with Crippen molar-refractivity contribution in [2.75, 3.05) is 18.0 Å². The monoisotopic (exact) mass is 338 g/mol. The standard InChI is InChI=1S/C21H26N2O2/c1-16-9-10-17(2)20(15-16)23(18(3)24)14-13-22-21(25)12-11-19-7-5-4-6-8-19/h4-10,15H,11-14H2,1-3H3,(H,22,25). The van der Waals surface area contributed by atoms with Gasteiger partial charge in [0.15, 0.2) is 0 Å². The van der Waals surface area contributed by atoms with Crippen LogP contribution in [0.2, 0.25) is 0 Å². The van der Waals surface area contributed by atoms with Crippen LogP contribution in [0.25, 0.3) is 0 Å². The maximum atomic E-state index is 12.0. The molecule has 0 atom stereocenters. The topological polar surface area (TPSA) is 49.4 Å². The van der Waals surface area contributed by atoms with Crippen molar-refractivity contribution >= 4 is 17.5 Å². The summed E-state index contributed by atoms with van der Waals surface area (Å²) < 4.78 is 0. The Labute approximate surface area is 149 Å². The van der Waals surface area contributed by atoms with Gasteiger partial charge in [-0.2, -0.15) is 0 Å². The van der Waals surface area contributed by atoms with Crippen LogP contribution in [0.4, 0.5) is 5.69 Å². The lowest BCUT2D eigenvalue weighted by molar-refractivity contribution is -0.121. The second-order valence-electron chi connectivity index (χ2n) is 6.30. The minimum Gasteiger partial charge on any atom is -0.354 e. The molecule has 0 fully saturated rings. The Morgan fingerprint density at radius 1 is 1.04 bits per heavy atom. The summed E-state index contributed by atoms with van der Waals surface area (Å²) in [4.78, 5) is 25.7. The molecular formula is C21H26N2O2. The SMILES string of the molecule is CC(=O)N(CCNC(=O)CCc1ccccc1)c1cc(C)ccc1C. The van der Waals surface area contributed by atoms with Crippen LogP contribution >= 0.6 is 0 Å². The maximum absolute atomic E-state index is 12.0. The van der Waals surface area contributed by atoms with Crippen LogP contribution in [0.1, 0.15) is 30.0 Å². The van der Waals surface area contributed by atoms with Gasteiger partial charge in [-0.25, -0.2) is 0 Å². The van der Waals surface area contributed by atoms with E-state index in [0.29, 0.717) is 19.5 Å². The molecule has 0 aliphatic carbocycles. The highest BCUT2D eigenvalue weighted by Crippen LogP contribution is 2.21. The van der Waals surface area contributed by atoms with E-state index in [1.807, 2.05) is 62.4 Å². The summed E-state index contributed by atoms with van der Waals surface area (Å²) in [5.74, 6) is -0.0134. The lowest BCUT2D eigenvalue weighted by atomic mass is 10.1. The molecule has 25 heavy (non-hydrogen) atoms. The molecule has 0 aliphatic rings. The highest BCUT2D eigenvalue weighted by atomic mass is 16.2. The molecule has 0 saturated heterocycles. The van der Waals surface area contributed by atoms with E-state index >= 15 is 0 Å². The molecule has 0 unspecified atom stereocenters. The molecule has 0 spiro atoms. The van der Waals surface area contributed by atoms with Gasteiger partial charge in [-0.15, -0.1) is 0 Å². The highest BCUT2D eigenvalue weighted by molar-refractivity contribution is 5.92. The minimum atomic E-state index is -0.0211. The molecule has 0 radical (unpaired) electrons. The molecule has 4 heteroatoms. The number of benzene rings is 2. The molecule has 0 bridgehead atoms. The summed E-state index contributed by atoms with van der Waals surface area (Å²) in [7, 11) is 0. The van der Waals surface area contributed by atoms with Crippen molar-refractivity contribution in [2.45, 2.75) is 33.6 Å². The lowest BCUT2D eigenvalue weighted by Crippen LogP contribution is -2.38. The van der Waals surface area contributed by atoms with Gasteiger partial charge in [0, 0.05) is 32.1 Å².